The molecule has 1 unspecified atom stereocenters. The topological polar surface area (TPSA) is 154 Å². The maximum atomic E-state index is 12.4. The van der Waals surface area contributed by atoms with Crippen LogP contribution in [0.1, 0.15) is 35.3 Å². The Bertz CT molecular complexity index is 1440. The number of carbonyl (C=O) groups excluding carboxylic acids is 4. The Kier molecular flexibility index (Phi) is 12.1. The number of rotatable bonds is 14. The first-order chi connectivity index (χ1) is 20.7. The fourth-order valence-electron chi connectivity index (χ4n) is 3.68. The second kappa shape index (κ2) is 16.2. The van der Waals surface area contributed by atoms with Gasteiger partial charge in [0.15, 0.2) is 18.1 Å². The number of esters is 1. The first-order valence-electron chi connectivity index (χ1n) is 13.4. The Hall–Kier alpha value is -5.39. The average Bonchev–Trinajstić information content (AvgIpc) is 3.01. The third kappa shape index (κ3) is 10.2. The summed E-state index contributed by atoms with van der Waals surface area (Å²) in [5, 5.41) is 9.27. The van der Waals surface area contributed by atoms with E-state index in [1.807, 2.05) is 0 Å². The van der Waals surface area contributed by atoms with E-state index in [4.69, 9.17) is 18.9 Å². The maximum Gasteiger partial charge on any atom is 0.338 e. The largest absolute Gasteiger partial charge is 0.497 e. The molecule has 0 bridgehead atoms. The van der Waals surface area contributed by atoms with Crippen molar-refractivity contribution in [2.24, 2.45) is 5.10 Å². The van der Waals surface area contributed by atoms with Gasteiger partial charge in [-0.15, -0.1) is 0 Å². The van der Waals surface area contributed by atoms with E-state index in [-0.39, 0.29) is 25.5 Å². The molecule has 0 aliphatic heterocycles. The van der Waals surface area contributed by atoms with Crippen LogP contribution in [0.5, 0.6) is 17.2 Å². The number of ether oxygens (including phenoxy) is 4. The van der Waals surface area contributed by atoms with Crippen molar-refractivity contribution in [1.29, 1.82) is 0 Å². The van der Waals surface area contributed by atoms with Crippen LogP contribution in [0.4, 0.5) is 5.69 Å². The molecule has 3 N–H and O–H groups in total. The highest BCUT2D eigenvalue weighted by Crippen LogP contribution is 2.27. The second-order valence-corrected chi connectivity index (χ2v) is 9.09. The van der Waals surface area contributed by atoms with Crippen LogP contribution >= 0.6 is 0 Å². The molecule has 0 heterocycles. The van der Waals surface area contributed by atoms with E-state index in [0.717, 1.165) is 5.56 Å². The summed E-state index contributed by atoms with van der Waals surface area (Å²) in [6.45, 7) is 3.26. The number of hydrogen-bond acceptors (Lipinski definition) is 9. The fraction of sp³-hybridized carbons (Fsp3) is 0.258. The summed E-state index contributed by atoms with van der Waals surface area (Å²) in [6.07, 6.45) is 1.52. The molecule has 0 saturated carbocycles. The summed E-state index contributed by atoms with van der Waals surface area (Å²) in [6, 6.07) is 17.5. The number of hydrazone groups is 1. The molecule has 0 aromatic heterocycles. The average molecular weight is 591 g/mol. The van der Waals surface area contributed by atoms with Crippen LogP contribution in [0.25, 0.3) is 0 Å². The molecule has 0 spiro atoms. The summed E-state index contributed by atoms with van der Waals surface area (Å²) in [5.41, 5.74) is 4.64. The van der Waals surface area contributed by atoms with Gasteiger partial charge in [0.25, 0.3) is 11.8 Å². The summed E-state index contributed by atoms with van der Waals surface area (Å²) in [7, 11) is 3.01. The van der Waals surface area contributed by atoms with Gasteiger partial charge in [-0.2, -0.15) is 5.10 Å². The highest BCUT2D eigenvalue weighted by atomic mass is 16.5. The molecule has 0 aliphatic carbocycles. The third-order valence-electron chi connectivity index (χ3n) is 5.91. The molecule has 3 rings (SSSR count). The lowest BCUT2D eigenvalue weighted by atomic mass is 10.1. The van der Waals surface area contributed by atoms with Gasteiger partial charge in [0, 0.05) is 5.69 Å². The van der Waals surface area contributed by atoms with Crippen molar-refractivity contribution in [2.75, 3.05) is 32.8 Å². The Labute approximate surface area is 249 Å². The summed E-state index contributed by atoms with van der Waals surface area (Å²) >= 11 is 0. The lowest BCUT2D eigenvalue weighted by Crippen LogP contribution is -2.43. The van der Waals surface area contributed by atoms with Crippen LogP contribution < -0.4 is 30.3 Å². The van der Waals surface area contributed by atoms with Crippen molar-refractivity contribution in [3.63, 3.8) is 0 Å². The highest BCUT2D eigenvalue weighted by Gasteiger charge is 2.15. The molecule has 1 atom stereocenters. The summed E-state index contributed by atoms with van der Waals surface area (Å²) < 4.78 is 21.0. The molecule has 0 fully saturated rings. The van der Waals surface area contributed by atoms with Crippen LogP contribution in [-0.2, 0) is 25.5 Å². The zero-order valence-electron chi connectivity index (χ0n) is 24.3. The first kappa shape index (κ1) is 32.1. The Morgan fingerprint density at radius 2 is 1.60 bits per heavy atom. The van der Waals surface area contributed by atoms with Crippen LogP contribution in [0, 0.1) is 0 Å². The van der Waals surface area contributed by atoms with E-state index in [2.05, 4.69) is 21.2 Å². The fourth-order valence-corrected chi connectivity index (χ4v) is 3.68. The van der Waals surface area contributed by atoms with Crippen molar-refractivity contribution in [3.8, 4) is 17.2 Å². The van der Waals surface area contributed by atoms with Crippen molar-refractivity contribution in [2.45, 2.75) is 26.3 Å². The molecule has 12 heteroatoms. The molecule has 0 saturated heterocycles. The minimum absolute atomic E-state index is 0.116. The van der Waals surface area contributed by atoms with Crippen molar-refractivity contribution < 1.29 is 38.1 Å². The van der Waals surface area contributed by atoms with Gasteiger partial charge >= 0.3 is 5.97 Å². The molecule has 3 amide bonds. The zero-order valence-corrected chi connectivity index (χ0v) is 24.3. The molecule has 3 aromatic rings. The smallest absolute Gasteiger partial charge is 0.338 e. The van der Waals surface area contributed by atoms with Crippen molar-refractivity contribution >= 4 is 35.6 Å². The predicted molar refractivity (Wildman–Crippen MR) is 160 cm³/mol. The van der Waals surface area contributed by atoms with Crippen LogP contribution in [-0.4, -0.2) is 63.4 Å². The number of hydrogen-bond donors (Lipinski definition) is 3. The number of nitrogens with zero attached hydrogens (tertiary/aromatic N) is 1. The molecule has 226 valence electrons. The molecule has 3 aromatic carbocycles. The molecule has 0 radical (unpaired) electrons. The van der Waals surface area contributed by atoms with Gasteiger partial charge in [0.1, 0.15) is 11.8 Å². The highest BCUT2D eigenvalue weighted by molar-refractivity contribution is 5.94. The number of carbonyl (C=O) groups is 4. The predicted octanol–water partition coefficient (Wildman–Crippen LogP) is 3.10. The Morgan fingerprint density at radius 3 is 2.26 bits per heavy atom. The normalized spacial score (nSPS) is 11.3. The number of benzene rings is 3. The minimum atomic E-state index is -0.810. The third-order valence-corrected chi connectivity index (χ3v) is 5.91. The number of nitrogens with one attached hydrogen (secondary N) is 3. The summed E-state index contributed by atoms with van der Waals surface area (Å²) in [5.74, 6) is -0.290. The van der Waals surface area contributed by atoms with E-state index in [1.165, 1.54) is 13.3 Å². The van der Waals surface area contributed by atoms with Gasteiger partial charge < -0.3 is 29.6 Å². The Balaban J connectivity index is 1.46. The monoisotopic (exact) mass is 590 g/mol. The van der Waals surface area contributed by atoms with Gasteiger partial charge in [-0.3, -0.25) is 14.4 Å². The lowest BCUT2D eigenvalue weighted by molar-refractivity contribution is -0.128. The molecule has 0 aliphatic rings. The van der Waals surface area contributed by atoms with E-state index in [9.17, 15) is 19.2 Å². The van der Waals surface area contributed by atoms with Crippen LogP contribution in [0.3, 0.4) is 0 Å². The zero-order chi connectivity index (χ0) is 31.2. The quantitative estimate of drug-likeness (QED) is 0.147. The van der Waals surface area contributed by atoms with Gasteiger partial charge in [-0.1, -0.05) is 12.1 Å². The van der Waals surface area contributed by atoms with E-state index >= 15 is 0 Å². The van der Waals surface area contributed by atoms with Crippen molar-refractivity contribution in [3.05, 3.63) is 83.4 Å². The molecule has 12 nitrogen and oxygen atoms in total. The Morgan fingerprint density at radius 1 is 0.884 bits per heavy atom. The van der Waals surface area contributed by atoms with Gasteiger partial charge in [0.2, 0.25) is 5.91 Å². The van der Waals surface area contributed by atoms with Crippen LogP contribution in [0.15, 0.2) is 71.8 Å². The van der Waals surface area contributed by atoms with E-state index in [0.29, 0.717) is 34.1 Å². The minimum Gasteiger partial charge on any atom is -0.497 e. The maximum absolute atomic E-state index is 12.4. The van der Waals surface area contributed by atoms with Crippen LogP contribution in [0.2, 0.25) is 0 Å². The first-order valence-corrected chi connectivity index (χ1v) is 13.4. The number of anilines is 1. The molecular weight excluding hydrogens is 556 g/mol. The van der Waals surface area contributed by atoms with Gasteiger partial charge in [0.05, 0.1) is 39.0 Å². The number of amides is 3. The lowest BCUT2D eigenvalue weighted by Gasteiger charge is -2.13. The molecule has 43 heavy (non-hydrogen) atoms. The standard InChI is InChI=1S/C31H34N4O8/c1-5-42-31(39)23-9-11-24(12-10-23)34-29(37)19-43-26-15-8-22(16-27(26)41-4)18-32-35-30(38)20(2)33-28(36)17-21-6-13-25(40-3)14-7-21/h6-16,18,20H,5,17,19H2,1-4H3,(H,33,36)(H,34,37)(H,35,38). The number of methoxy groups -OCH3 is 2. The summed E-state index contributed by atoms with van der Waals surface area (Å²) in [4.78, 5) is 48.8. The van der Waals surface area contributed by atoms with Gasteiger partial charge in [-0.25, -0.2) is 10.2 Å². The van der Waals surface area contributed by atoms with Crippen molar-refractivity contribution in [1.82, 2.24) is 10.7 Å². The second-order valence-electron chi connectivity index (χ2n) is 9.09. The van der Waals surface area contributed by atoms with Gasteiger partial charge in [-0.05, 0) is 79.6 Å². The van der Waals surface area contributed by atoms with E-state index in [1.54, 1.807) is 87.7 Å². The van der Waals surface area contributed by atoms with E-state index < -0.39 is 23.8 Å². The SMILES string of the molecule is CCOC(=O)c1ccc(NC(=O)COc2ccc(C=NNC(=O)C(C)NC(=O)Cc3ccc(OC)cc3)cc2OC)cc1. The molecular formula is C31H34N4O8.